The Hall–Kier alpha value is -1.42. The van der Waals surface area contributed by atoms with E-state index in [4.69, 9.17) is 34.8 Å². The number of halogens is 3. The van der Waals surface area contributed by atoms with Crippen LogP contribution in [0.2, 0.25) is 15.1 Å². The van der Waals surface area contributed by atoms with Crippen LogP contribution in [0.4, 0.5) is 5.69 Å². The Morgan fingerprint density at radius 2 is 1.78 bits per heavy atom. The lowest BCUT2D eigenvalue weighted by Gasteiger charge is -2.42. The van der Waals surface area contributed by atoms with Crippen molar-refractivity contribution in [3.63, 3.8) is 0 Å². The first kappa shape index (κ1) is 20.3. The van der Waals surface area contributed by atoms with Crippen molar-refractivity contribution in [2.75, 3.05) is 18.0 Å². The van der Waals surface area contributed by atoms with Gasteiger partial charge in [-0.05, 0) is 67.1 Å². The van der Waals surface area contributed by atoms with Crippen LogP contribution in [0.15, 0.2) is 42.5 Å². The molecule has 3 nitrogen and oxygen atoms in total. The Kier molecular flexibility index (Phi) is 6.91. The molecule has 1 aliphatic heterocycles. The first-order valence-electron chi connectivity index (χ1n) is 9.15. The van der Waals surface area contributed by atoms with E-state index in [0.29, 0.717) is 22.5 Å². The number of piperidine rings is 1. The number of nitrogens with one attached hydrogen (secondary N) is 1. The van der Waals surface area contributed by atoms with Gasteiger partial charge in [-0.25, -0.2) is 0 Å². The number of amides is 1. The summed E-state index contributed by atoms with van der Waals surface area (Å²) in [5.41, 5.74) is 2.22. The van der Waals surface area contributed by atoms with Crippen LogP contribution in [0.5, 0.6) is 0 Å². The van der Waals surface area contributed by atoms with E-state index in [1.54, 1.807) is 13.0 Å². The fraction of sp³-hybridized carbons (Fsp3) is 0.381. The molecular formula is C21H23Cl3N2O. The topological polar surface area (TPSA) is 32.3 Å². The molecule has 0 spiro atoms. The van der Waals surface area contributed by atoms with Crippen LogP contribution in [-0.2, 0) is 4.79 Å². The fourth-order valence-corrected chi connectivity index (χ4v) is 4.41. The molecule has 2 unspecified atom stereocenters. The molecule has 1 N–H and O–H groups in total. The fourth-order valence-electron chi connectivity index (χ4n) is 3.75. The number of carbonyl (C=O) groups excluding carboxylic acids is 1. The molecule has 3 rings (SSSR count). The molecule has 1 heterocycles. The molecule has 2 aromatic carbocycles. The lowest BCUT2D eigenvalue weighted by Crippen LogP contribution is -2.39. The van der Waals surface area contributed by atoms with E-state index < -0.39 is 0 Å². The highest BCUT2D eigenvalue weighted by atomic mass is 35.5. The summed E-state index contributed by atoms with van der Waals surface area (Å²) < 4.78 is 0. The average Bonchev–Trinajstić information content (AvgIpc) is 2.62. The molecule has 2 aromatic rings. The van der Waals surface area contributed by atoms with Crippen molar-refractivity contribution < 1.29 is 4.79 Å². The van der Waals surface area contributed by atoms with E-state index in [1.807, 2.05) is 24.3 Å². The summed E-state index contributed by atoms with van der Waals surface area (Å²) in [7, 11) is 0. The second-order valence-electron chi connectivity index (χ2n) is 7.03. The van der Waals surface area contributed by atoms with Gasteiger partial charge in [0.2, 0.25) is 5.91 Å². The van der Waals surface area contributed by atoms with E-state index in [2.05, 4.69) is 22.3 Å². The van der Waals surface area contributed by atoms with Crippen LogP contribution in [0, 0.1) is 5.92 Å². The molecule has 0 aliphatic carbocycles. The Balaban J connectivity index is 1.83. The van der Waals surface area contributed by atoms with E-state index in [1.165, 1.54) is 0 Å². The van der Waals surface area contributed by atoms with Crippen molar-refractivity contribution in [1.82, 2.24) is 5.32 Å². The lowest BCUT2D eigenvalue weighted by atomic mass is 9.86. The van der Waals surface area contributed by atoms with Gasteiger partial charge in [0.1, 0.15) is 0 Å². The summed E-state index contributed by atoms with van der Waals surface area (Å²) in [6, 6.07) is 13.8. The van der Waals surface area contributed by atoms with Crippen molar-refractivity contribution in [3.8, 4) is 0 Å². The highest BCUT2D eigenvalue weighted by Gasteiger charge is 2.30. The normalized spacial score (nSPS) is 19.8. The highest BCUT2D eigenvalue weighted by molar-refractivity contribution is 6.35. The van der Waals surface area contributed by atoms with Crippen molar-refractivity contribution in [3.05, 3.63) is 63.1 Å². The van der Waals surface area contributed by atoms with Gasteiger partial charge in [0.15, 0.2) is 0 Å². The van der Waals surface area contributed by atoms with Gasteiger partial charge in [0, 0.05) is 40.8 Å². The van der Waals surface area contributed by atoms with Gasteiger partial charge >= 0.3 is 0 Å². The van der Waals surface area contributed by atoms with E-state index >= 15 is 0 Å². The first-order valence-corrected chi connectivity index (χ1v) is 10.3. The van der Waals surface area contributed by atoms with Crippen LogP contribution in [0.3, 0.4) is 0 Å². The van der Waals surface area contributed by atoms with Gasteiger partial charge in [-0.15, -0.1) is 0 Å². The lowest BCUT2D eigenvalue weighted by molar-refractivity contribution is -0.119. The molecule has 1 amide bonds. The third kappa shape index (κ3) is 5.31. The molecule has 27 heavy (non-hydrogen) atoms. The van der Waals surface area contributed by atoms with Gasteiger partial charge in [0.05, 0.1) is 6.04 Å². The number of nitrogens with zero attached hydrogens (tertiary/aromatic N) is 1. The first-order chi connectivity index (χ1) is 12.9. The zero-order valence-electron chi connectivity index (χ0n) is 15.2. The maximum absolute atomic E-state index is 11.1. The molecule has 1 fully saturated rings. The van der Waals surface area contributed by atoms with Gasteiger partial charge in [-0.3, -0.25) is 4.79 Å². The Labute approximate surface area is 175 Å². The molecule has 0 saturated carbocycles. The minimum Gasteiger partial charge on any atom is -0.364 e. The number of hydrogen-bond acceptors (Lipinski definition) is 2. The Morgan fingerprint density at radius 1 is 1.07 bits per heavy atom. The van der Waals surface area contributed by atoms with Crippen LogP contribution >= 0.6 is 34.8 Å². The maximum Gasteiger partial charge on any atom is 0.216 e. The summed E-state index contributed by atoms with van der Waals surface area (Å²) in [6.07, 6.45) is 3.05. The number of carbonyl (C=O) groups is 1. The van der Waals surface area contributed by atoms with Gasteiger partial charge in [-0.2, -0.15) is 0 Å². The quantitative estimate of drug-likeness (QED) is 0.625. The minimum absolute atomic E-state index is 0.0196. The number of anilines is 1. The third-order valence-electron chi connectivity index (χ3n) is 5.09. The van der Waals surface area contributed by atoms with Gasteiger partial charge < -0.3 is 10.2 Å². The van der Waals surface area contributed by atoms with Crippen LogP contribution < -0.4 is 10.2 Å². The van der Waals surface area contributed by atoms with Gasteiger partial charge in [-0.1, -0.05) is 40.9 Å². The van der Waals surface area contributed by atoms with Crippen molar-refractivity contribution in [2.24, 2.45) is 5.92 Å². The van der Waals surface area contributed by atoms with Gasteiger partial charge in [0.25, 0.3) is 0 Å². The summed E-state index contributed by atoms with van der Waals surface area (Å²) in [5, 5.41) is 4.97. The zero-order valence-corrected chi connectivity index (χ0v) is 17.5. The summed E-state index contributed by atoms with van der Waals surface area (Å²) in [5.74, 6) is 0.529. The Bertz CT molecular complexity index is 795. The summed E-state index contributed by atoms with van der Waals surface area (Å²) in [6.45, 7) is 3.17. The smallest absolute Gasteiger partial charge is 0.216 e. The standard InChI is InChI=1S/C21H23Cl3N2O/c1-14(27)25-11-10-15-2-9-21(19-8-5-17(23)12-20(19)24)26(13-15)18-6-3-16(22)4-7-18/h3-8,12,15,21H,2,9-11,13H2,1H3,(H,25,27). The Morgan fingerprint density at radius 3 is 2.44 bits per heavy atom. The molecule has 0 aromatic heterocycles. The second-order valence-corrected chi connectivity index (χ2v) is 8.31. The molecule has 1 aliphatic rings. The number of rotatable bonds is 5. The molecular weight excluding hydrogens is 403 g/mol. The van der Waals surface area contributed by atoms with E-state index in [0.717, 1.165) is 42.1 Å². The number of hydrogen-bond donors (Lipinski definition) is 1. The van der Waals surface area contributed by atoms with E-state index in [-0.39, 0.29) is 11.9 Å². The SMILES string of the molecule is CC(=O)NCCC1CCC(c2ccc(Cl)cc2Cl)N(c2ccc(Cl)cc2)C1. The highest BCUT2D eigenvalue weighted by Crippen LogP contribution is 2.41. The second kappa shape index (κ2) is 9.18. The largest absolute Gasteiger partial charge is 0.364 e. The maximum atomic E-state index is 11.1. The minimum atomic E-state index is 0.0196. The molecule has 1 saturated heterocycles. The zero-order chi connectivity index (χ0) is 19.4. The average molecular weight is 426 g/mol. The van der Waals surface area contributed by atoms with Crippen LogP contribution in [0.25, 0.3) is 0 Å². The van der Waals surface area contributed by atoms with Crippen molar-refractivity contribution in [2.45, 2.75) is 32.2 Å². The van der Waals surface area contributed by atoms with Crippen molar-refractivity contribution >= 4 is 46.4 Å². The van der Waals surface area contributed by atoms with Crippen LogP contribution in [-0.4, -0.2) is 19.0 Å². The van der Waals surface area contributed by atoms with Crippen molar-refractivity contribution in [1.29, 1.82) is 0 Å². The third-order valence-corrected chi connectivity index (χ3v) is 5.90. The predicted octanol–water partition coefficient (Wildman–Crippen LogP) is 6.13. The molecule has 144 valence electrons. The number of benzene rings is 2. The monoisotopic (exact) mass is 424 g/mol. The van der Waals surface area contributed by atoms with Crippen LogP contribution in [0.1, 0.15) is 37.8 Å². The molecule has 0 bridgehead atoms. The molecule has 2 atom stereocenters. The summed E-state index contributed by atoms with van der Waals surface area (Å²) in [4.78, 5) is 13.5. The summed E-state index contributed by atoms with van der Waals surface area (Å²) >= 11 is 18.7. The molecule has 0 radical (unpaired) electrons. The molecule has 6 heteroatoms. The van der Waals surface area contributed by atoms with E-state index in [9.17, 15) is 4.79 Å². The predicted molar refractivity (Wildman–Crippen MR) is 114 cm³/mol.